The number of rotatable bonds is 2. The number of ether oxygens (including phenoxy) is 2. The van der Waals surface area contributed by atoms with Crippen molar-refractivity contribution in [1.29, 1.82) is 0 Å². The number of carbonyl (C=O) groups is 2. The molecule has 0 radical (unpaired) electrons. The molecule has 1 spiro atoms. The van der Waals surface area contributed by atoms with Crippen molar-refractivity contribution in [3.8, 4) is 11.5 Å². The predicted octanol–water partition coefficient (Wildman–Crippen LogP) is 1.47. The minimum absolute atomic E-state index is 0.0430. The summed E-state index contributed by atoms with van der Waals surface area (Å²) in [5.41, 5.74) is 0.385. The van der Waals surface area contributed by atoms with Crippen LogP contribution in [-0.4, -0.2) is 65.3 Å². The highest BCUT2D eigenvalue weighted by molar-refractivity contribution is 5.99. The van der Waals surface area contributed by atoms with Crippen LogP contribution in [0.2, 0.25) is 0 Å². The van der Waals surface area contributed by atoms with Gasteiger partial charge < -0.3 is 19.7 Å². The van der Waals surface area contributed by atoms with Gasteiger partial charge in [-0.25, -0.2) is 4.79 Å². The molecule has 1 fully saturated rings. The SMILES string of the molecule is C/C=C/C(=O)O.COc1ccc2c3c1O[C@H]1C(=O)C=C[C@@]4(O)[C@@H](C2)N(C)CC[C@]314. The first-order chi connectivity index (χ1) is 13.8. The van der Waals surface area contributed by atoms with Crippen LogP contribution in [0.1, 0.15) is 24.5 Å². The van der Waals surface area contributed by atoms with Crippen molar-refractivity contribution in [3.05, 3.63) is 47.6 Å². The Bertz CT molecular complexity index is 937. The van der Waals surface area contributed by atoms with E-state index in [2.05, 4.69) is 11.0 Å². The average molecular weight is 399 g/mol. The summed E-state index contributed by atoms with van der Waals surface area (Å²) in [5.74, 6) is 0.329. The second kappa shape index (κ2) is 6.71. The molecule has 7 heteroatoms. The molecule has 2 aliphatic carbocycles. The number of ketones is 1. The third-order valence-electron chi connectivity index (χ3n) is 6.65. The Morgan fingerprint density at radius 3 is 2.79 bits per heavy atom. The van der Waals surface area contributed by atoms with Crippen molar-refractivity contribution in [2.75, 3.05) is 20.7 Å². The van der Waals surface area contributed by atoms with Gasteiger partial charge in [0.2, 0.25) is 0 Å². The van der Waals surface area contributed by atoms with E-state index >= 15 is 0 Å². The number of aliphatic hydroxyl groups is 1. The largest absolute Gasteiger partial charge is 0.493 e. The fourth-order valence-corrected chi connectivity index (χ4v) is 5.42. The van der Waals surface area contributed by atoms with Gasteiger partial charge in [0.1, 0.15) is 5.60 Å². The summed E-state index contributed by atoms with van der Waals surface area (Å²) in [4.78, 5) is 24.3. The van der Waals surface area contributed by atoms with E-state index in [0.717, 1.165) is 30.2 Å². The van der Waals surface area contributed by atoms with E-state index in [-0.39, 0.29) is 11.8 Å². The van der Waals surface area contributed by atoms with Gasteiger partial charge in [-0.1, -0.05) is 12.1 Å². The van der Waals surface area contributed by atoms with Gasteiger partial charge in [0.25, 0.3) is 0 Å². The van der Waals surface area contributed by atoms with Gasteiger partial charge in [0.05, 0.1) is 12.5 Å². The lowest BCUT2D eigenvalue weighted by atomic mass is 9.51. The average Bonchev–Trinajstić information content (AvgIpc) is 3.04. The van der Waals surface area contributed by atoms with Crippen LogP contribution in [0.25, 0.3) is 0 Å². The second-order valence-electron chi connectivity index (χ2n) is 7.95. The highest BCUT2D eigenvalue weighted by Crippen LogP contribution is 2.63. The van der Waals surface area contributed by atoms with Crippen LogP contribution in [0, 0.1) is 0 Å². The lowest BCUT2D eigenvalue weighted by Crippen LogP contribution is -2.74. The summed E-state index contributed by atoms with van der Waals surface area (Å²) in [5, 5.41) is 19.5. The topological polar surface area (TPSA) is 96.3 Å². The van der Waals surface area contributed by atoms with Gasteiger partial charge in [-0.05, 0) is 57.1 Å². The highest BCUT2D eigenvalue weighted by Gasteiger charge is 2.71. The molecule has 1 aromatic carbocycles. The molecule has 2 heterocycles. The van der Waals surface area contributed by atoms with Crippen molar-refractivity contribution < 1.29 is 29.3 Å². The maximum Gasteiger partial charge on any atom is 0.327 e. The molecule has 0 amide bonds. The number of carboxylic acid groups (broad SMARTS) is 1. The normalized spacial score (nSPS) is 33.6. The molecule has 2 aliphatic heterocycles. The van der Waals surface area contributed by atoms with Crippen molar-refractivity contribution in [3.63, 3.8) is 0 Å². The van der Waals surface area contributed by atoms with Gasteiger partial charge in [0, 0.05) is 17.7 Å². The molecule has 154 valence electrons. The lowest BCUT2D eigenvalue weighted by Gasteiger charge is -2.60. The summed E-state index contributed by atoms with van der Waals surface area (Å²) in [6.45, 7) is 2.50. The van der Waals surface area contributed by atoms with Crippen LogP contribution in [0.5, 0.6) is 11.5 Å². The van der Waals surface area contributed by atoms with Gasteiger partial charge in [-0.15, -0.1) is 0 Å². The summed E-state index contributed by atoms with van der Waals surface area (Å²) < 4.78 is 11.6. The fourth-order valence-electron chi connectivity index (χ4n) is 5.42. The first kappa shape index (κ1) is 19.7. The fraction of sp³-hybridized carbons (Fsp3) is 0.455. The molecule has 2 bridgehead atoms. The Kier molecular flexibility index (Phi) is 4.55. The highest BCUT2D eigenvalue weighted by atomic mass is 16.5. The van der Waals surface area contributed by atoms with Gasteiger partial charge in [-0.2, -0.15) is 0 Å². The van der Waals surface area contributed by atoms with E-state index < -0.39 is 23.1 Å². The predicted molar refractivity (Wildman–Crippen MR) is 105 cm³/mol. The molecular formula is C22H25NO6. The molecule has 1 aromatic rings. The summed E-state index contributed by atoms with van der Waals surface area (Å²) in [6.07, 6.45) is 6.56. The summed E-state index contributed by atoms with van der Waals surface area (Å²) in [6, 6.07) is 3.92. The lowest BCUT2D eigenvalue weighted by molar-refractivity contribution is -0.151. The third kappa shape index (κ3) is 2.50. The molecule has 0 saturated carbocycles. The number of aliphatic carboxylic acids is 1. The molecule has 2 N–H and O–H groups in total. The van der Waals surface area contributed by atoms with Gasteiger partial charge in [0.15, 0.2) is 23.4 Å². The number of likely N-dealkylation sites (tertiary alicyclic amines) is 1. The zero-order chi connectivity index (χ0) is 21.0. The van der Waals surface area contributed by atoms with E-state index in [4.69, 9.17) is 14.6 Å². The zero-order valence-corrected chi connectivity index (χ0v) is 16.7. The van der Waals surface area contributed by atoms with Crippen molar-refractivity contribution in [2.45, 2.75) is 42.9 Å². The maximum absolute atomic E-state index is 12.6. The van der Waals surface area contributed by atoms with Crippen molar-refractivity contribution in [1.82, 2.24) is 4.90 Å². The molecule has 4 atom stereocenters. The van der Waals surface area contributed by atoms with Gasteiger partial charge >= 0.3 is 5.97 Å². The monoisotopic (exact) mass is 399 g/mol. The Balaban J connectivity index is 0.000000302. The van der Waals surface area contributed by atoms with Crippen molar-refractivity contribution in [2.24, 2.45) is 0 Å². The molecule has 4 aliphatic rings. The number of allylic oxidation sites excluding steroid dienone is 1. The first-order valence-corrected chi connectivity index (χ1v) is 9.68. The molecule has 29 heavy (non-hydrogen) atoms. The van der Waals surface area contributed by atoms with Crippen LogP contribution in [0.15, 0.2) is 36.4 Å². The number of hydrogen-bond donors (Lipinski definition) is 2. The number of carbonyl (C=O) groups excluding carboxylic acids is 1. The number of likely N-dealkylation sites (N-methyl/N-ethyl adjacent to an activating group) is 1. The molecule has 7 nitrogen and oxygen atoms in total. The van der Waals surface area contributed by atoms with Crippen molar-refractivity contribution >= 4 is 11.8 Å². The summed E-state index contributed by atoms with van der Waals surface area (Å²) >= 11 is 0. The number of piperidine rings is 1. The van der Waals surface area contributed by atoms with Gasteiger partial charge in [-0.3, -0.25) is 9.69 Å². The van der Waals surface area contributed by atoms with E-state index in [0.29, 0.717) is 17.9 Å². The smallest absolute Gasteiger partial charge is 0.327 e. The number of nitrogens with zero attached hydrogens (tertiary/aromatic N) is 1. The quantitative estimate of drug-likeness (QED) is 0.727. The maximum atomic E-state index is 12.6. The van der Waals surface area contributed by atoms with E-state index in [1.807, 2.05) is 13.1 Å². The number of benzene rings is 1. The molecular weight excluding hydrogens is 374 g/mol. The minimum Gasteiger partial charge on any atom is -0.493 e. The summed E-state index contributed by atoms with van der Waals surface area (Å²) in [7, 11) is 3.65. The van der Waals surface area contributed by atoms with Crippen LogP contribution < -0.4 is 9.47 Å². The zero-order valence-electron chi connectivity index (χ0n) is 16.7. The Morgan fingerprint density at radius 2 is 2.17 bits per heavy atom. The van der Waals surface area contributed by atoms with Crippen LogP contribution in [0.4, 0.5) is 0 Å². The number of methoxy groups -OCH3 is 1. The van der Waals surface area contributed by atoms with Crippen LogP contribution in [0.3, 0.4) is 0 Å². The Hall–Kier alpha value is -2.64. The van der Waals surface area contributed by atoms with Crippen LogP contribution >= 0.6 is 0 Å². The third-order valence-corrected chi connectivity index (χ3v) is 6.65. The number of hydrogen-bond acceptors (Lipinski definition) is 6. The van der Waals surface area contributed by atoms with E-state index in [1.165, 1.54) is 12.2 Å². The number of carboxylic acids is 1. The second-order valence-corrected chi connectivity index (χ2v) is 7.95. The van der Waals surface area contributed by atoms with E-state index in [1.54, 1.807) is 20.1 Å². The Morgan fingerprint density at radius 1 is 1.41 bits per heavy atom. The minimum atomic E-state index is -1.08. The molecule has 1 saturated heterocycles. The molecule has 0 aromatic heterocycles. The Labute approximate surface area is 169 Å². The van der Waals surface area contributed by atoms with Crippen LogP contribution in [-0.2, 0) is 21.4 Å². The standard InChI is InChI=1S/C18H19NO4.C4H6O2/c1-19-8-7-17-14-10-3-4-12(22-2)15(14)23-16(17)11(20)5-6-18(17,21)13(19)9-10;1-2-3-4(5)6/h3-6,13,16,21H,7-9H2,1-2H3;2-3H,1H3,(H,5,6)/b;3-2+/t13-,16+,17+,18-;/m1./s1. The van der Waals surface area contributed by atoms with E-state index in [9.17, 15) is 14.7 Å². The molecule has 5 rings (SSSR count). The molecule has 0 unspecified atom stereocenters. The first-order valence-electron chi connectivity index (χ1n) is 9.68.